The highest BCUT2D eigenvalue weighted by atomic mass is 19.3. The van der Waals surface area contributed by atoms with Crippen molar-refractivity contribution >= 4 is 11.6 Å². The molecular formula is C11H12F2N2O2. The number of alkyl halides is 2. The van der Waals surface area contributed by atoms with Crippen LogP contribution in [0, 0.1) is 0 Å². The van der Waals surface area contributed by atoms with Crippen LogP contribution in [0.3, 0.4) is 0 Å². The summed E-state index contributed by atoms with van der Waals surface area (Å²) in [5, 5.41) is 2.49. The molecule has 1 aromatic carbocycles. The Kier molecular flexibility index (Phi) is 2.97. The second-order valence-electron chi connectivity index (χ2n) is 3.79. The van der Waals surface area contributed by atoms with Gasteiger partial charge in [0.25, 0.3) is 11.8 Å². The number of amides is 1. The van der Waals surface area contributed by atoms with E-state index < -0.39 is 12.3 Å². The molecule has 1 heterocycles. The summed E-state index contributed by atoms with van der Waals surface area (Å²) in [5.41, 5.74) is 5.24. The van der Waals surface area contributed by atoms with Crippen molar-refractivity contribution in [2.75, 3.05) is 18.5 Å². The fourth-order valence-electron chi connectivity index (χ4n) is 1.64. The number of nitrogens with one attached hydrogen (secondary N) is 1. The molecule has 4 nitrogen and oxygen atoms in total. The fraction of sp³-hybridized carbons (Fsp3) is 0.364. The molecule has 0 fully saturated rings. The lowest BCUT2D eigenvalue weighted by Gasteiger charge is -2.21. The summed E-state index contributed by atoms with van der Waals surface area (Å²) in [6.07, 6.45) is -0.430. The summed E-state index contributed by atoms with van der Waals surface area (Å²) >= 11 is 0. The first-order valence-electron chi connectivity index (χ1n) is 5.18. The van der Waals surface area contributed by atoms with E-state index in [0.29, 0.717) is 5.75 Å². The molecule has 92 valence electrons. The van der Waals surface area contributed by atoms with Crippen LogP contribution in [0.15, 0.2) is 18.2 Å². The molecule has 0 spiro atoms. The molecule has 0 radical (unpaired) electrons. The molecule has 1 aromatic rings. The Balaban J connectivity index is 2.32. The number of hydrogen-bond donors (Lipinski definition) is 2. The van der Waals surface area contributed by atoms with Crippen LogP contribution in [0.5, 0.6) is 5.75 Å². The minimum atomic E-state index is -2.99. The van der Waals surface area contributed by atoms with Gasteiger partial charge in [-0.25, -0.2) is 8.78 Å². The first-order valence-corrected chi connectivity index (χ1v) is 5.18. The first-order chi connectivity index (χ1) is 8.03. The van der Waals surface area contributed by atoms with Crippen molar-refractivity contribution < 1.29 is 18.3 Å². The van der Waals surface area contributed by atoms with Gasteiger partial charge in [-0.2, -0.15) is 0 Å². The molecule has 1 aliphatic heterocycles. The molecule has 6 heteroatoms. The Morgan fingerprint density at radius 2 is 2.24 bits per heavy atom. The Morgan fingerprint density at radius 3 is 2.94 bits per heavy atom. The van der Waals surface area contributed by atoms with Crippen LogP contribution in [0.1, 0.15) is 12.0 Å². The predicted octanol–water partition coefficient (Wildman–Crippen LogP) is 1.46. The van der Waals surface area contributed by atoms with E-state index in [1.165, 1.54) is 18.2 Å². The van der Waals surface area contributed by atoms with Crippen LogP contribution < -0.4 is 15.8 Å². The van der Waals surface area contributed by atoms with Crippen LogP contribution in [0.4, 0.5) is 14.5 Å². The van der Waals surface area contributed by atoms with Crippen LogP contribution in [-0.4, -0.2) is 19.1 Å². The molecule has 0 bridgehead atoms. The Hall–Kier alpha value is -1.69. The van der Waals surface area contributed by atoms with E-state index in [9.17, 15) is 13.6 Å². The van der Waals surface area contributed by atoms with E-state index in [1.54, 1.807) is 0 Å². The average molecular weight is 242 g/mol. The van der Waals surface area contributed by atoms with Crippen molar-refractivity contribution in [1.82, 2.24) is 0 Å². The molecule has 1 amide bonds. The van der Waals surface area contributed by atoms with Gasteiger partial charge in [-0.3, -0.25) is 4.79 Å². The molecular weight excluding hydrogens is 230 g/mol. The summed E-state index contributed by atoms with van der Waals surface area (Å²) in [6, 6.07) is 3.93. The van der Waals surface area contributed by atoms with Crippen LogP contribution >= 0.6 is 0 Å². The average Bonchev–Trinajstić information content (AvgIpc) is 2.28. The number of nitrogens with two attached hydrogens (primary N) is 1. The molecule has 0 saturated carbocycles. The van der Waals surface area contributed by atoms with Crippen molar-refractivity contribution in [2.24, 2.45) is 5.73 Å². The zero-order valence-electron chi connectivity index (χ0n) is 9.00. The summed E-state index contributed by atoms with van der Waals surface area (Å²) in [6.45, 7) is -0.196. The van der Waals surface area contributed by atoms with Crippen molar-refractivity contribution in [2.45, 2.75) is 12.3 Å². The number of halogens is 2. The monoisotopic (exact) mass is 242 g/mol. The summed E-state index contributed by atoms with van der Waals surface area (Å²) in [5.74, 6) is -2.94. The molecule has 0 atom stereocenters. The maximum Gasteiger partial charge on any atom is 0.274 e. The highest BCUT2D eigenvalue weighted by Gasteiger charge is 2.31. The van der Waals surface area contributed by atoms with E-state index in [1.807, 2.05) is 0 Å². The fourth-order valence-corrected chi connectivity index (χ4v) is 1.64. The van der Waals surface area contributed by atoms with Crippen LogP contribution in [-0.2, 0) is 10.7 Å². The Morgan fingerprint density at radius 1 is 1.47 bits per heavy atom. The third-order valence-corrected chi connectivity index (χ3v) is 2.49. The highest BCUT2D eigenvalue weighted by molar-refractivity contribution is 5.95. The molecule has 17 heavy (non-hydrogen) atoms. The van der Waals surface area contributed by atoms with Crippen molar-refractivity contribution in [3.63, 3.8) is 0 Å². The highest BCUT2D eigenvalue weighted by Crippen LogP contribution is 2.36. The van der Waals surface area contributed by atoms with E-state index in [0.717, 1.165) is 0 Å². The first kappa shape index (κ1) is 11.8. The molecule has 3 N–H and O–H groups in total. The topological polar surface area (TPSA) is 64.3 Å². The smallest absolute Gasteiger partial charge is 0.274 e. The van der Waals surface area contributed by atoms with Crippen molar-refractivity contribution in [1.29, 1.82) is 0 Å². The quantitative estimate of drug-likeness (QED) is 0.843. The largest absolute Gasteiger partial charge is 0.482 e. The Labute approximate surface area is 96.7 Å². The van der Waals surface area contributed by atoms with Crippen molar-refractivity contribution in [3.05, 3.63) is 23.8 Å². The predicted molar refractivity (Wildman–Crippen MR) is 58.1 cm³/mol. The van der Waals surface area contributed by atoms with Gasteiger partial charge in [-0.15, -0.1) is 0 Å². The van der Waals surface area contributed by atoms with Gasteiger partial charge < -0.3 is 15.8 Å². The standard InChI is InChI=1S/C11H12F2N2O2/c12-11(13,3-4-14)7-1-2-9-8(5-7)15-10(16)6-17-9/h1-2,5H,3-4,6,14H2,(H,15,16). The Bertz CT molecular complexity index is 449. The van der Waals surface area contributed by atoms with Gasteiger partial charge in [0.05, 0.1) is 5.69 Å². The maximum atomic E-state index is 13.6. The lowest BCUT2D eigenvalue weighted by molar-refractivity contribution is -0.118. The summed E-state index contributed by atoms with van der Waals surface area (Å²) in [4.78, 5) is 11.1. The number of ether oxygens (including phenoxy) is 1. The summed E-state index contributed by atoms with van der Waals surface area (Å²) in [7, 11) is 0. The van der Waals surface area contributed by atoms with Crippen LogP contribution in [0.2, 0.25) is 0 Å². The molecule has 2 rings (SSSR count). The van der Waals surface area contributed by atoms with Crippen LogP contribution in [0.25, 0.3) is 0 Å². The van der Waals surface area contributed by atoms with Gasteiger partial charge in [-0.05, 0) is 24.7 Å². The van der Waals surface area contributed by atoms with E-state index in [-0.39, 0.29) is 30.3 Å². The van der Waals surface area contributed by atoms with E-state index in [4.69, 9.17) is 10.5 Å². The zero-order valence-corrected chi connectivity index (χ0v) is 9.00. The third kappa shape index (κ3) is 2.36. The number of fused-ring (bicyclic) bond motifs is 1. The zero-order chi connectivity index (χ0) is 12.5. The lowest BCUT2D eigenvalue weighted by atomic mass is 10.0. The maximum absolute atomic E-state index is 13.6. The second-order valence-corrected chi connectivity index (χ2v) is 3.79. The number of carbonyl (C=O) groups is 1. The number of carbonyl (C=O) groups excluding carboxylic acids is 1. The van der Waals surface area contributed by atoms with Crippen molar-refractivity contribution in [3.8, 4) is 5.75 Å². The number of rotatable bonds is 3. The minimum absolute atomic E-state index is 0.0917. The van der Waals surface area contributed by atoms with Gasteiger partial charge in [0.1, 0.15) is 5.75 Å². The molecule has 0 aliphatic carbocycles. The molecule has 0 unspecified atom stereocenters. The summed E-state index contributed by atoms with van der Waals surface area (Å²) < 4.78 is 32.3. The van der Waals surface area contributed by atoms with E-state index >= 15 is 0 Å². The van der Waals surface area contributed by atoms with E-state index in [2.05, 4.69) is 5.32 Å². The van der Waals surface area contributed by atoms with Gasteiger partial charge in [0, 0.05) is 12.0 Å². The second kappa shape index (κ2) is 4.29. The van der Waals surface area contributed by atoms with Gasteiger partial charge in [-0.1, -0.05) is 0 Å². The third-order valence-electron chi connectivity index (χ3n) is 2.49. The molecule has 0 aromatic heterocycles. The lowest BCUT2D eigenvalue weighted by Crippen LogP contribution is -2.26. The molecule has 0 saturated heterocycles. The number of anilines is 1. The number of benzene rings is 1. The molecule has 1 aliphatic rings. The number of hydrogen-bond acceptors (Lipinski definition) is 3. The van der Waals surface area contributed by atoms with Gasteiger partial charge >= 0.3 is 0 Å². The van der Waals surface area contributed by atoms with Gasteiger partial charge in [0.15, 0.2) is 6.61 Å². The normalized spacial score (nSPS) is 14.9. The minimum Gasteiger partial charge on any atom is -0.482 e. The SMILES string of the molecule is NCCC(F)(F)c1ccc2c(c1)NC(=O)CO2. The van der Waals surface area contributed by atoms with Gasteiger partial charge in [0.2, 0.25) is 0 Å².